The van der Waals surface area contributed by atoms with Gasteiger partial charge in [-0.05, 0) is 31.2 Å². The van der Waals surface area contributed by atoms with Crippen LogP contribution < -0.4 is 5.63 Å². The van der Waals surface area contributed by atoms with E-state index in [1.165, 1.54) is 11.3 Å². The molecule has 3 heterocycles. The van der Waals surface area contributed by atoms with E-state index >= 15 is 0 Å². The van der Waals surface area contributed by atoms with E-state index in [2.05, 4.69) is 9.97 Å². The van der Waals surface area contributed by atoms with E-state index in [0.29, 0.717) is 16.1 Å². The average Bonchev–Trinajstić information content (AvgIpc) is 2.87. The van der Waals surface area contributed by atoms with Gasteiger partial charge < -0.3 is 4.42 Å². The Balaban J connectivity index is 2.05. The molecule has 0 unspecified atom stereocenters. The maximum atomic E-state index is 12.2. The summed E-state index contributed by atoms with van der Waals surface area (Å²) < 4.78 is 5.88. The van der Waals surface area contributed by atoms with Crippen molar-refractivity contribution in [1.82, 2.24) is 9.97 Å². The molecule has 0 saturated heterocycles. The molecule has 0 bridgehead atoms. The van der Waals surface area contributed by atoms with Gasteiger partial charge in [-0.3, -0.25) is 0 Å². The highest BCUT2D eigenvalue weighted by molar-refractivity contribution is 7.25. The zero-order chi connectivity index (χ0) is 14.4. The van der Waals surface area contributed by atoms with Crippen LogP contribution in [-0.2, 0) is 0 Å². The van der Waals surface area contributed by atoms with Crippen LogP contribution in [0, 0.1) is 6.92 Å². The average molecular weight is 294 g/mol. The van der Waals surface area contributed by atoms with Crippen LogP contribution in [-0.4, -0.2) is 9.97 Å². The normalized spacial score (nSPS) is 11.3. The monoisotopic (exact) mass is 294 g/mol. The predicted octanol–water partition coefficient (Wildman–Crippen LogP) is 3.77. The van der Waals surface area contributed by atoms with E-state index in [9.17, 15) is 4.79 Å². The van der Waals surface area contributed by atoms with Gasteiger partial charge >= 0.3 is 5.63 Å². The Bertz CT molecular complexity index is 1020. The lowest BCUT2D eigenvalue weighted by Crippen LogP contribution is -2.00. The number of fused-ring (bicyclic) bond motifs is 3. The summed E-state index contributed by atoms with van der Waals surface area (Å²) in [6.07, 6.45) is 1.71. The van der Waals surface area contributed by atoms with E-state index in [1.807, 2.05) is 43.3 Å². The van der Waals surface area contributed by atoms with Crippen LogP contribution >= 0.6 is 11.3 Å². The number of aromatic nitrogens is 2. The van der Waals surface area contributed by atoms with Crippen LogP contribution in [0.1, 0.15) is 5.56 Å². The Morgan fingerprint density at radius 3 is 2.76 bits per heavy atom. The second-order valence-corrected chi connectivity index (χ2v) is 5.81. The van der Waals surface area contributed by atoms with Gasteiger partial charge in [0, 0.05) is 17.1 Å². The molecule has 0 aliphatic heterocycles. The lowest BCUT2D eigenvalue weighted by Gasteiger charge is -2.00. The van der Waals surface area contributed by atoms with E-state index in [4.69, 9.17) is 4.42 Å². The van der Waals surface area contributed by atoms with Gasteiger partial charge in [0.1, 0.15) is 15.0 Å². The number of thiophene rings is 1. The minimum Gasteiger partial charge on any atom is -0.403 e. The molecule has 5 heteroatoms. The molecule has 4 aromatic rings. The van der Waals surface area contributed by atoms with E-state index in [-0.39, 0.29) is 5.63 Å². The molecular formula is C16H10N2O2S. The Morgan fingerprint density at radius 2 is 1.95 bits per heavy atom. The fraction of sp³-hybridized carbons (Fsp3) is 0.0625. The predicted molar refractivity (Wildman–Crippen MR) is 83.6 cm³/mol. The largest absolute Gasteiger partial charge is 0.403 e. The van der Waals surface area contributed by atoms with Crippen molar-refractivity contribution >= 4 is 31.8 Å². The Labute approximate surface area is 123 Å². The molecule has 0 radical (unpaired) electrons. The van der Waals surface area contributed by atoms with Crippen LogP contribution in [0.3, 0.4) is 0 Å². The summed E-state index contributed by atoms with van der Waals surface area (Å²) in [5.41, 5.74) is 2.24. The quantitative estimate of drug-likeness (QED) is 0.536. The summed E-state index contributed by atoms with van der Waals surface area (Å²) in [5, 5.41) is 0.888. The van der Waals surface area contributed by atoms with Crippen molar-refractivity contribution in [3.8, 4) is 11.5 Å². The summed E-state index contributed by atoms with van der Waals surface area (Å²) in [6.45, 7) is 2.01. The van der Waals surface area contributed by atoms with Gasteiger partial charge in [-0.25, -0.2) is 14.8 Å². The third kappa shape index (κ3) is 1.94. The van der Waals surface area contributed by atoms with Gasteiger partial charge in [-0.1, -0.05) is 17.7 Å². The standard InChI is InChI=1S/C16H10N2O2S/c1-9-4-6-10(7-5-9)14-18-12-11-3-2-8-17-15(11)21-13(12)16(19)20-14/h2-8H,1H3. The molecule has 0 aliphatic rings. The molecule has 0 aliphatic carbocycles. The second kappa shape index (κ2) is 4.49. The van der Waals surface area contributed by atoms with Crippen molar-refractivity contribution in [2.45, 2.75) is 6.92 Å². The zero-order valence-electron chi connectivity index (χ0n) is 11.2. The van der Waals surface area contributed by atoms with Crippen molar-refractivity contribution < 1.29 is 4.42 Å². The Morgan fingerprint density at radius 1 is 1.14 bits per heavy atom. The lowest BCUT2D eigenvalue weighted by atomic mass is 10.1. The highest BCUT2D eigenvalue weighted by Crippen LogP contribution is 2.30. The fourth-order valence-electron chi connectivity index (χ4n) is 2.25. The third-order valence-corrected chi connectivity index (χ3v) is 4.41. The van der Waals surface area contributed by atoms with Crippen molar-refractivity contribution in [2.24, 2.45) is 0 Å². The number of benzene rings is 1. The number of hydrogen-bond acceptors (Lipinski definition) is 5. The van der Waals surface area contributed by atoms with Crippen LogP contribution in [0.25, 0.3) is 31.9 Å². The van der Waals surface area contributed by atoms with Gasteiger partial charge in [0.2, 0.25) is 5.89 Å². The minimum absolute atomic E-state index is 0.344. The number of rotatable bonds is 1. The first kappa shape index (κ1) is 12.2. The number of nitrogens with zero attached hydrogens (tertiary/aromatic N) is 2. The molecule has 0 amide bonds. The molecule has 21 heavy (non-hydrogen) atoms. The lowest BCUT2D eigenvalue weighted by molar-refractivity contribution is 0.520. The summed E-state index contributed by atoms with van der Waals surface area (Å²) in [7, 11) is 0. The molecule has 4 nitrogen and oxygen atoms in total. The molecule has 0 N–H and O–H groups in total. The molecule has 4 rings (SSSR count). The molecule has 0 saturated carbocycles. The summed E-state index contributed by atoms with van der Waals surface area (Å²) in [5.74, 6) is 0.344. The smallest absolute Gasteiger partial charge is 0.357 e. The number of pyridine rings is 1. The topological polar surface area (TPSA) is 56.0 Å². The van der Waals surface area contributed by atoms with Crippen LogP contribution in [0.2, 0.25) is 0 Å². The number of aryl methyl sites for hydroxylation is 1. The van der Waals surface area contributed by atoms with Crippen molar-refractivity contribution in [3.05, 3.63) is 58.6 Å². The highest BCUT2D eigenvalue weighted by Gasteiger charge is 2.14. The van der Waals surface area contributed by atoms with Gasteiger partial charge in [-0.15, -0.1) is 11.3 Å². The first-order valence-corrected chi connectivity index (χ1v) is 7.29. The first-order valence-electron chi connectivity index (χ1n) is 6.48. The second-order valence-electron chi connectivity index (χ2n) is 4.81. The molecule has 102 valence electrons. The highest BCUT2D eigenvalue weighted by atomic mass is 32.1. The first-order chi connectivity index (χ1) is 10.2. The zero-order valence-corrected chi connectivity index (χ0v) is 12.0. The molecule has 3 aromatic heterocycles. The van der Waals surface area contributed by atoms with E-state index < -0.39 is 0 Å². The third-order valence-electron chi connectivity index (χ3n) is 3.33. The summed E-state index contributed by atoms with van der Waals surface area (Å²) in [4.78, 5) is 21.8. The van der Waals surface area contributed by atoms with Crippen molar-refractivity contribution in [1.29, 1.82) is 0 Å². The van der Waals surface area contributed by atoms with Gasteiger partial charge in [-0.2, -0.15) is 0 Å². The van der Waals surface area contributed by atoms with Crippen molar-refractivity contribution in [3.63, 3.8) is 0 Å². The van der Waals surface area contributed by atoms with Gasteiger partial charge in [0.05, 0.1) is 0 Å². The Hall–Kier alpha value is -2.53. The van der Waals surface area contributed by atoms with Crippen LogP contribution in [0.15, 0.2) is 51.8 Å². The van der Waals surface area contributed by atoms with Gasteiger partial charge in [0.15, 0.2) is 0 Å². The molecule has 1 aromatic carbocycles. The van der Waals surface area contributed by atoms with E-state index in [1.54, 1.807) is 6.20 Å². The SMILES string of the molecule is Cc1ccc(-c2nc3c(sc4ncccc43)c(=O)o2)cc1. The summed E-state index contributed by atoms with van der Waals surface area (Å²) >= 11 is 1.31. The minimum atomic E-state index is -0.362. The van der Waals surface area contributed by atoms with Crippen LogP contribution in [0.5, 0.6) is 0 Å². The van der Waals surface area contributed by atoms with Crippen LogP contribution in [0.4, 0.5) is 0 Å². The number of hydrogen-bond donors (Lipinski definition) is 0. The van der Waals surface area contributed by atoms with Crippen molar-refractivity contribution in [2.75, 3.05) is 0 Å². The molecule has 0 spiro atoms. The maximum Gasteiger partial charge on any atom is 0.357 e. The molecular weight excluding hydrogens is 284 g/mol. The van der Waals surface area contributed by atoms with Gasteiger partial charge in [0.25, 0.3) is 0 Å². The van der Waals surface area contributed by atoms with E-state index in [0.717, 1.165) is 21.3 Å². The molecule has 0 atom stereocenters. The fourth-order valence-corrected chi connectivity index (χ4v) is 3.21. The maximum absolute atomic E-state index is 12.2. The summed E-state index contributed by atoms with van der Waals surface area (Å²) in [6, 6.07) is 11.5. The molecule has 0 fully saturated rings. The Kier molecular flexibility index (Phi) is 2.62.